The van der Waals surface area contributed by atoms with E-state index in [0.717, 1.165) is 17.8 Å². The Balaban J connectivity index is 1.68. The van der Waals surface area contributed by atoms with Gasteiger partial charge in [-0.05, 0) is 46.8 Å². The van der Waals surface area contributed by atoms with Crippen LogP contribution >= 0.6 is 11.8 Å². The van der Waals surface area contributed by atoms with Crippen LogP contribution in [0.4, 0.5) is 18.9 Å². The first-order valence-electron chi connectivity index (χ1n) is 7.51. The largest absolute Gasteiger partial charge is 0.508 e. The first kappa shape index (κ1) is 18.7. The number of aromatic hydroxyl groups is 1. The Labute approximate surface area is 155 Å². The molecule has 0 unspecified atom stereocenters. The van der Waals surface area contributed by atoms with E-state index in [2.05, 4.69) is 20.8 Å². The molecule has 0 radical (unpaired) electrons. The predicted molar refractivity (Wildman–Crippen MR) is 91.6 cm³/mol. The van der Waals surface area contributed by atoms with Gasteiger partial charge in [0, 0.05) is 0 Å². The summed E-state index contributed by atoms with van der Waals surface area (Å²) in [5.41, 5.74) is -0.672. The lowest BCUT2D eigenvalue weighted by Crippen LogP contribution is -2.18. The molecule has 11 heteroatoms. The van der Waals surface area contributed by atoms with Crippen molar-refractivity contribution in [2.45, 2.75) is 11.3 Å². The molecular formula is C16H12F3N5O2S. The number of nitrogens with one attached hydrogen (secondary N) is 1. The number of tetrazole rings is 1. The lowest BCUT2D eigenvalue weighted by Gasteiger charge is -2.13. The smallest absolute Gasteiger partial charge is 0.418 e. The second-order valence-corrected chi connectivity index (χ2v) is 6.21. The van der Waals surface area contributed by atoms with Gasteiger partial charge in [0.15, 0.2) is 0 Å². The maximum Gasteiger partial charge on any atom is 0.418 e. The highest BCUT2D eigenvalue weighted by Crippen LogP contribution is 2.34. The average molecular weight is 395 g/mol. The third-order valence-corrected chi connectivity index (χ3v) is 4.29. The van der Waals surface area contributed by atoms with Gasteiger partial charge in [-0.1, -0.05) is 23.9 Å². The van der Waals surface area contributed by atoms with Crippen LogP contribution in [0, 0.1) is 0 Å². The summed E-state index contributed by atoms with van der Waals surface area (Å²) in [6.07, 6.45) is -4.57. The molecule has 140 valence electrons. The number of halogens is 3. The van der Waals surface area contributed by atoms with Crippen molar-refractivity contribution in [1.82, 2.24) is 20.2 Å². The van der Waals surface area contributed by atoms with Gasteiger partial charge in [0.25, 0.3) is 0 Å². The van der Waals surface area contributed by atoms with Crippen molar-refractivity contribution in [3.63, 3.8) is 0 Å². The number of rotatable bonds is 5. The topological polar surface area (TPSA) is 92.9 Å². The van der Waals surface area contributed by atoms with E-state index in [0.29, 0.717) is 5.69 Å². The zero-order chi connectivity index (χ0) is 19.4. The van der Waals surface area contributed by atoms with Crippen molar-refractivity contribution in [2.24, 2.45) is 0 Å². The number of phenols is 1. The summed E-state index contributed by atoms with van der Waals surface area (Å²) in [6, 6.07) is 10.8. The van der Waals surface area contributed by atoms with E-state index in [9.17, 15) is 23.1 Å². The fourth-order valence-electron chi connectivity index (χ4n) is 2.18. The molecule has 1 amide bonds. The number of hydrogen-bond donors (Lipinski definition) is 2. The lowest BCUT2D eigenvalue weighted by atomic mass is 10.1. The summed E-state index contributed by atoms with van der Waals surface area (Å²) in [4.78, 5) is 12.1. The van der Waals surface area contributed by atoms with E-state index < -0.39 is 17.6 Å². The van der Waals surface area contributed by atoms with E-state index in [-0.39, 0.29) is 22.3 Å². The number of thioether (sulfide) groups is 1. The van der Waals surface area contributed by atoms with Crippen LogP contribution in [0.15, 0.2) is 53.7 Å². The zero-order valence-corrected chi connectivity index (χ0v) is 14.3. The van der Waals surface area contributed by atoms with Crippen LogP contribution < -0.4 is 5.32 Å². The van der Waals surface area contributed by atoms with E-state index in [4.69, 9.17) is 0 Å². The highest BCUT2D eigenvalue weighted by Gasteiger charge is 2.33. The van der Waals surface area contributed by atoms with Crippen molar-refractivity contribution < 1.29 is 23.1 Å². The summed E-state index contributed by atoms with van der Waals surface area (Å²) < 4.78 is 40.3. The number of alkyl halides is 3. The predicted octanol–water partition coefficient (Wildman–Crippen LogP) is 3.12. The molecule has 0 aliphatic rings. The standard InChI is InChI=1S/C16H12F3N5O2S/c17-16(18,19)12-3-1-2-4-13(12)20-14(26)9-27-15-21-22-23-24(15)10-5-7-11(25)8-6-10/h1-8,25H,9H2,(H,20,26). The molecule has 1 heterocycles. The SMILES string of the molecule is O=C(CSc1nnnn1-c1ccc(O)cc1)Nc1ccccc1C(F)(F)F. The van der Waals surface area contributed by atoms with Crippen molar-refractivity contribution in [1.29, 1.82) is 0 Å². The normalized spacial score (nSPS) is 11.4. The van der Waals surface area contributed by atoms with Crippen LogP contribution in [-0.4, -0.2) is 37.0 Å². The van der Waals surface area contributed by atoms with E-state index in [1.165, 1.54) is 35.0 Å². The van der Waals surface area contributed by atoms with Crippen LogP contribution in [0.25, 0.3) is 5.69 Å². The van der Waals surface area contributed by atoms with Gasteiger partial charge in [-0.25, -0.2) is 0 Å². The van der Waals surface area contributed by atoms with Crippen LogP contribution in [0.2, 0.25) is 0 Å². The van der Waals surface area contributed by atoms with Gasteiger partial charge in [-0.3, -0.25) is 4.79 Å². The number of amides is 1. The zero-order valence-electron chi connectivity index (χ0n) is 13.5. The minimum atomic E-state index is -4.57. The van der Waals surface area contributed by atoms with Gasteiger partial charge in [0.05, 0.1) is 22.7 Å². The third kappa shape index (κ3) is 4.56. The summed E-state index contributed by atoms with van der Waals surface area (Å²) in [6.45, 7) is 0. The molecule has 0 aliphatic heterocycles. The number of carbonyl (C=O) groups excluding carboxylic acids is 1. The Morgan fingerprint density at radius 3 is 2.56 bits per heavy atom. The number of hydrogen-bond acceptors (Lipinski definition) is 6. The van der Waals surface area contributed by atoms with Gasteiger partial charge < -0.3 is 10.4 Å². The Morgan fingerprint density at radius 2 is 1.85 bits per heavy atom. The van der Waals surface area contributed by atoms with Crippen LogP contribution in [-0.2, 0) is 11.0 Å². The highest BCUT2D eigenvalue weighted by molar-refractivity contribution is 7.99. The fraction of sp³-hybridized carbons (Fsp3) is 0.125. The van der Waals surface area contributed by atoms with Crippen LogP contribution in [0.1, 0.15) is 5.56 Å². The van der Waals surface area contributed by atoms with Gasteiger partial charge in [0.2, 0.25) is 11.1 Å². The molecule has 0 saturated heterocycles. The van der Waals surface area contributed by atoms with E-state index in [1.807, 2.05) is 0 Å². The molecule has 27 heavy (non-hydrogen) atoms. The molecule has 3 aromatic rings. The molecule has 2 N–H and O–H groups in total. The maximum atomic E-state index is 13.0. The average Bonchev–Trinajstić information content (AvgIpc) is 3.09. The number of nitrogens with zero attached hydrogens (tertiary/aromatic N) is 4. The van der Waals surface area contributed by atoms with Crippen molar-refractivity contribution in [3.05, 3.63) is 54.1 Å². The van der Waals surface area contributed by atoms with E-state index >= 15 is 0 Å². The number of aromatic nitrogens is 4. The molecule has 0 aliphatic carbocycles. The second kappa shape index (κ2) is 7.66. The Hall–Kier alpha value is -3.08. The van der Waals surface area contributed by atoms with Crippen LogP contribution in [0.5, 0.6) is 5.75 Å². The molecule has 7 nitrogen and oxygen atoms in total. The van der Waals surface area contributed by atoms with Crippen molar-refractivity contribution in [2.75, 3.05) is 11.1 Å². The number of benzene rings is 2. The maximum absolute atomic E-state index is 13.0. The number of phenolic OH excluding ortho intramolecular Hbond substituents is 1. The number of para-hydroxylation sites is 1. The Kier molecular flexibility index (Phi) is 5.31. The molecule has 0 spiro atoms. The van der Waals surface area contributed by atoms with Gasteiger partial charge in [-0.15, -0.1) is 5.10 Å². The molecule has 0 fully saturated rings. The van der Waals surface area contributed by atoms with E-state index in [1.54, 1.807) is 12.1 Å². The summed E-state index contributed by atoms with van der Waals surface area (Å²) >= 11 is 0.965. The van der Waals surface area contributed by atoms with Gasteiger partial charge in [0.1, 0.15) is 5.75 Å². The third-order valence-electron chi connectivity index (χ3n) is 3.37. The van der Waals surface area contributed by atoms with Gasteiger partial charge >= 0.3 is 6.18 Å². The first-order chi connectivity index (χ1) is 12.8. The van der Waals surface area contributed by atoms with Crippen molar-refractivity contribution in [3.8, 4) is 11.4 Å². The summed E-state index contributed by atoms with van der Waals surface area (Å²) in [5, 5.41) is 23.0. The molecule has 0 atom stereocenters. The van der Waals surface area contributed by atoms with Crippen LogP contribution in [0.3, 0.4) is 0 Å². The number of anilines is 1. The quantitative estimate of drug-likeness (QED) is 0.645. The first-order valence-corrected chi connectivity index (χ1v) is 8.50. The minimum Gasteiger partial charge on any atom is -0.508 e. The highest BCUT2D eigenvalue weighted by atomic mass is 32.2. The molecule has 1 aromatic heterocycles. The summed E-state index contributed by atoms with van der Waals surface area (Å²) in [7, 11) is 0. The Morgan fingerprint density at radius 1 is 1.15 bits per heavy atom. The summed E-state index contributed by atoms with van der Waals surface area (Å²) in [5.74, 6) is -0.745. The fourth-order valence-corrected chi connectivity index (χ4v) is 2.87. The second-order valence-electron chi connectivity index (χ2n) is 5.27. The molecule has 2 aromatic carbocycles. The minimum absolute atomic E-state index is 0.0729. The molecule has 0 saturated carbocycles. The van der Waals surface area contributed by atoms with Crippen molar-refractivity contribution >= 4 is 23.4 Å². The van der Waals surface area contributed by atoms with Gasteiger partial charge in [-0.2, -0.15) is 17.9 Å². The lowest BCUT2D eigenvalue weighted by molar-refractivity contribution is -0.137. The molecule has 0 bridgehead atoms. The number of carbonyl (C=O) groups is 1. The molecule has 3 rings (SSSR count). The molecular weight excluding hydrogens is 383 g/mol. The monoisotopic (exact) mass is 395 g/mol. The Bertz CT molecular complexity index is 944.